The van der Waals surface area contributed by atoms with Crippen LogP contribution in [0.4, 0.5) is 32.0 Å². The zero-order valence-corrected chi connectivity index (χ0v) is 33.7. The number of anilines is 1. The van der Waals surface area contributed by atoms with E-state index in [9.17, 15) is 27.6 Å². The molecule has 4 aromatic carbocycles. The summed E-state index contributed by atoms with van der Waals surface area (Å²) < 4.78 is 145. The second-order valence-electron chi connectivity index (χ2n) is 13.7. The van der Waals surface area contributed by atoms with Gasteiger partial charge in [-0.3, -0.25) is 28.6 Å². The molecule has 4 amide bonds. The van der Waals surface area contributed by atoms with Crippen molar-refractivity contribution in [3.8, 4) is 23.0 Å². The largest absolute Gasteiger partial charge is 0.493 e. The molecule has 0 saturated carbocycles. The summed E-state index contributed by atoms with van der Waals surface area (Å²) in [5, 5.41) is 11.9. The number of aryl methyl sites for hydroxylation is 1. The lowest BCUT2D eigenvalue weighted by atomic mass is 9.72. The Balaban J connectivity index is 1.39. The molecule has 0 aromatic heterocycles. The van der Waals surface area contributed by atoms with Crippen LogP contribution in [0.2, 0.25) is 0 Å². The van der Waals surface area contributed by atoms with E-state index in [0.29, 0.717) is 47.3 Å². The number of nitrogens with zero attached hydrogens (tertiary/aromatic N) is 2. The molecule has 0 unspecified atom stereocenters. The molecule has 2 aliphatic rings. The van der Waals surface area contributed by atoms with E-state index in [1.807, 2.05) is 0 Å². The fraction of sp³-hybridized carbons (Fsp3) is 0.282. The number of fused-ring (bicyclic) bond motifs is 2. The zero-order chi connectivity index (χ0) is 45.4. The first-order valence-corrected chi connectivity index (χ1v) is 20.5. The van der Waals surface area contributed by atoms with Crippen molar-refractivity contribution in [1.29, 1.82) is 0 Å². The standard InChI is InChI=1S/C39H32F6N2O13S2/c1-21-5-6-22(17-31(21)56-14-4-16-62(53,54)55)37(38(40,41)42,39(43,44)45)23-7-12-30(32(18-23)57-13-3-15-61-60-59-52)47-35(50)27-11-9-25(20-29(27)36(47)51)58-24-8-10-26-28(19-24)34(49)46(2)33(26)48/h5-12,17-20,52H,3-4,13-16H2,1-2H3,(H,53,54,55). The first kappa shape index (κ1) is 45.8. The molecule has 0 atom stereocenters. The molecule has 0 spiro atoms. The van der Waals surface area contributed by atoms with Crippen LogP contribution in [0.5, 0.6) is 23.0 Å². The van der Waals surface area contributed by atoms with Crippen molar-refractivity contribution in [3.05, 3.63) is 112 Å². The average Bonchev–Trinajstić information content (AvgIpc) is 3.56. The summed E-state index contributed by atoms with van der Waals surface area (Å²) >= 11 is 0.572. The smallest absolute Gasteiger partial charge is 0.411 e. The molecule has 62 heavy (non-hydrogen) atoms. The van der Waals surface area contributed by atoms with Crippen LogP contribution >= 0.6 is 12.0 Å². The number of benzene rings is 4. The molecule has 4 aromatic rings. The Morgan fingerprint density at radius 3 is 1.79 bits per heavy atom. The number of hydrogen-bond acceptors (Lipinski definition) is 13. The highest BCUT2D eigenvalue weighted by Gasteiger charge is 2.72. The number of rotatable bonds is 17. The number of hydrogen-bond donors (Lipinski definition) is 2. The molecule has 0 radical (unpaired) electrons. The van der Waals surface area contributed by atoms with E-state index < -0.39 is 98.8 Å². The highest BCUT2D eigenvalue weighted by Crippen LogP contribution is 2.58. The maximum Gasteiger partial charge on any atom is 0.411 e. The van der Waals surface area contributed by atoms with E-state index in [2.05, 4.69) is 9.37 Å². The van der Waals surface area contributed by atoms with Crippen LogP contribution in [0.25, 0.3) is 0 Å². The third-order valence-electron chi connectivity index (χ3n) is 9.77. The van der Waals surface area contributed by atoms with Crippen LogP contribution in [0.15, 0.2) is 72.8 Å². The van der Waals surface area contributed by atoms with E-state index in [-0.39, 0.29) is 57.9 Å². The molecule has 2 heterocycles. The number of ether oxygens (including phenoxy) is 3. The highest BCUT2D eigenvalue weighted by molar-refractivity contribution is 7.94. The van der Waals surface area contributed by atoms with Gasteiger partial charge in [-0.05, 0) is 91.1 Å². The van der Waals surface area contributed by atoms with Crippen LogP contribution in [0.1, 0.15) is 71.0 Å². The number of carbonyl (C=O) groups excluding carboxylic acids is 4. The number of halogens is 6. The molecule has 2 N–H and O–H groups in total. The third-order valence-corrected chi connectivity index (χ3v) is 11.2. The molecule has 0 aliphatic carbocycles. The van der Waals surface area contributed by atoms with Crippen molar-refractivity contribution >= 4 is 51.5 Å². The normalized spacial score (nSPS) is 14.4. The monoisotopic (exact) mass is 914 g/mol. The van der Waals surface area contributed by atoms with Crippen LogP contribution in [-0.2, 0) is 24.9 Å². The second kappa shape index (κ2) is 17.6. The van der Waals surface area contributed by atoms with E-state index in [1.165, 1.54) is 44.3 Å². The van der Waals surface area contributed by atoms with Gasteiger partial charge in [-0.2, -0.15) is 34.8 Å². The van der Waals surface area contributed by atoms with Crippen LogP contribution in [-0.4, -0.2) is 90.9 Å². The van der Waals surface area contributed by atoms with Crippen molar-refractivity contribution in [2.45, 2.75) is 37.5 Å². The number of amides is 4. The Bertz CT molecular complexity index is 2540. The lowest BCUT2D eigenvalue weighted by molar-refractivity contribution is -0.432. The van der Waals surface area contributed by atoms with Gasteiger partial charge in [0, 0.05) is 24.8 Å². The molecule has 2 aliphatic heterocycles. The summed E-state index contributed by atoms with van der Waals surface area (Å²) in [7, 11) is -3.15. The SMILES string of the molecule is Cc1ccc(C(c2ccc(N3C(=O)c4ccc(Oc5ccc6c(c5)C(=O)N(C)C6=O)cc4C3=O)c(OCCCSOOO)c2)(C(F)(F)F)C(F)(F)F)cc1OCCCS(=O)(=O)O. The van der Waals surface area contributed by atoms with Gasteiger partial charge in [-0.25, -0.2) is 10.2 Å². The predicted octanol–water partition coefficient (Wildman–Crippen LogP) is 7.72. The topological polar surface area (TPSA) is 196 Å². The van der Waals surface area contributed by atoms with Gasteiger partial charge in [0.25, 0.3) is 33.7 Å². The molecule has 23 heteroatoms. The van der Waals surface area contributed by atoms with Crippen molar-refractivity contribution in [3.63, 3.8) is 0 Å². The van der Waals surface area contributed by atoms with Gasteiger partial charge in [-0.1, -0.05) is 23.2 Å². The molecular formula is C39H32F6N2O13S2. The van der Waals surface area contributed by atoms with Crippen molar-refractivity contribution in [1.82, 2.24) is 4.90 Å². The van der Waals surface area contributed by atoms with Gasteiger partial charge in [0.05, 0.1) is 46.9 Å². The van der Waals surface area contributed by atoms with Crippen molar-refractivity contribution in [2.24, 2.45) is 0 Å². The van der Waals surface area contributed by atoms with Crippen molar-refractivity contribution in [2.75, 3.05) is 36.7 Å². The average molecular weight is 915 g/mol. The van der Waals surface area contributed by atoms with Gasteiger partial charge < -0.3 is 14.2 Å². The van der Waals surface area contributed by atoms with Gasteiger partial charge >= 0.3 is 12.4 Å². The maximum atomic E-state index is 15.4. The quantitative estimate of drug-likeness (QED) is 0.0199. The Morgan fingerprint density at radius 1 is 0.677 bits per heavy atom. The Labute approximate surface area is 351 Å². The highest BCUT2D eigenvalue weighted by atomic mass is 32.2. The van der Waals surface area contributed by atoms with Gasteiger partial charge in [0.2, 0.25) is 5.41 Å². The fourth-order valence-electron chi connectivity index (χ4n) is 6.84. The number of carbonyl (C=O) groups is 4. The minimum atomic E-state index is -6.12. The predicted molar refractivity (Wildman–Crippen MR) is 205 cm³/mol. The van der Waals surface area contributed by atoms with E-state index in [0.717, 1.165) is 17.0 Å². The van der Waals surface area contributed by atoms with Crippen LogP contribution < -0.4 is 19.1 Å². The van der Waals surface area contributed by atoms with Gasteiger partial charge in [0.1, 0.15) is 23.0 Å². The summed E-state index contributed by atoms with van der Waals surface area (Å²) in [5.41, 5.74) is -8.30. The summed E-state index contributed by atoms with van der Waals surface area (Å²) in [6.07, 6.45) is -12.6. The van der Waals surface area contributed by atoms with Gasteiger partial charge in [-0.15, -0.1) is 4.33 Å². The van der Waals surface area contributed by atoms with E-state index in [4.69, 9.17) is 24.0 Å². The second-order valence-corrected chi connectivity index (χ2v) is 16.0. The van der Waals surface area contributed by atoms with Crippen LogP contribution in [0.3, 0.4) is 0 Å². The lowest BCUT2D eigenvalue weighted by Gasteiger charge is -2.39. The third kappa shape index (κ3) is 8.81. The number of alkyl halides is 6. The molecule has 6 rings (SSSR count). The van der Waals surface area contributed by atoms with Crippen LogP contribution in [0, 0.1) is 6.92 Å². The maximum absolute atomic E-state index is 15.4. The minimum Gasteiger partial charge on any atom is -0.493 e. The fourth-order valence-corrected chi connectivity index (χ4v) is 7.67. The van der Waals surface area contributed by atoms with E-state index >= 15 is 26.3 Å². The molecular weight excluding hydrogens is 883 g/mol. The molecule has 0 fully saturated rings. The molecule has 330 valence electrons. The van der Waals surface area contributed by atoms with Gasteiger partial charge in [0.15, 0.2) is 0 Å². The summed E-state index contributed by atoms with van der Waals surface area (Å²) in [6, 6.07) is 11.3. The Hall–Kier alpha value is -5.72. The van der Waals surface area contributed by atoms with E-state index in [1.54, 1.807) is 0 Å². The molecule has 0 bridgehead atoms. The molecule has 0 saturated heterocycles. The Morgan fingerprint density at radius 2 is 1.19 bits per heavy atom. The zero-order valence-electron chi connectivity index (χ0n) is 32.0. The molecule has 15 nitrogen and oxygen atoms in total. The first-order valence-electron chi connectivity index (χ1n) is 18.0. The lowest BCUT2D eigenvalue weighted by Crippen LogP contribution is -2.54. The summed E-state index contributed by atoms with van der Waals surface area (Å²) in [5.74, 6) is -5.08. The minimum absolute atomic E-state index is 0.0147. The number of imide groups is 2. The summed E-state index contributed by atoms with van der Waals surface area (Å²) in [6.45, 7) is 0.398. The Kier molecular flexibility index (Phi) is 13.0. The first-order chi connectivity index (χ1) is 29.1. The van der Waals surface area contributed by atoms with Crippen molar-refractivity contribution < 1.29 is 87.3 Å². The summed E-state index contributed by atoms with van der Waals surface area (Å²) in [4.78, 5) is 54.0.